The average molecular weight is 184 g/mol. The van der Waals surface area contributed by atoms with Crippen molar-refractivity contribution in [1.29, 1.82) is 0 Å². The Labute approximate surface area is 68.5 Å². The largest absolute Gasteiger partial charge is 0.265 e. The van der Waals surface area contributed by atoms with Crippen molar-refractivity contribution in [2.75, 3.05) is 0 Å². The summed E-state index contributed by atoms with van der Waals surface area (Å²) in [7, 11) is -3.86. The monoisotopic (exact) mass is 184 g/mol. The first-order chi connectivity index (χ1) is 5.67. The van der Waals surface area contributed by atoms with Crippen LogP contribution in [0.25, 0.3) is 10.4 Å². The van der Waals surface area contributed by atoms with Gasteiger partial charge in [-0.1, -0.05) is 0 Å². The van der Waals surface area contributed by atoms with Gasteiger partial charge in [0.1, 0.15) is 0 Å². The first kappa shape index (κ1) is 8.51. The van der Waals surface area contributed by atoms with E-state index in [4.69, 9.17) is 5.53 Å². The number of sulfonamides is 1. The maximum Gasteiger partial charge on any atom is 0.265 e. The molecule has 0 bridgehead atoms. The summed E-state index contributed by atoms with van der Waals surface area (Å²) in [5, 5.41) is 0. The molecule has 0 unspecified atom stereocenters. The van der Waals surface area contributed by atoms with Crippen LogP contribution in [-0.4, -0.2) is 13.4 Å². The second-order valence-electron chi connectivity index (χ2n) is 1.83. The van der Waals surface area contributed by atoms with Crippen molar-refractivity contribution >= 4 is 10.0 Å². The predicted molar refractivity (Wildman–Crippen MR) is 40.6 cm³/mol. The lowest BCUT2D eigenvalue weighted by molar-refractivity contribution is 0.597. The summed E-state index contributed by atoms with van der Waals surface area (Å²) in [4.78, 5) is 5.66. The number of aromatic nitrogens is 1. The van der Waals surface area contributed by atoms with Crippen LogP contribution in [0, 0.1) is 0 Å². The lowest BCUT2D eigenvalue weighted by Gasteiger charge is -1.92. The summed E-state index contributed by atoms with van der Waals surface area (Å²) in [6.07, 6.45) is 2.54. The molecular weight excluding hydrogens is 180 g/mol. The summed E-state index contributed by atoms with van der Waals surface area (Å²) in [6.45, 7) is 0. The van der Waals surface area contributed by atoms with Crippen molar-refractivity contribution in [3.05, 3.63) is 35.0 Å². The van der Waals surface area contributed by atoms with Gasteiger partial charge in [-0.15, -0.1) is 0 Å². The Morgan fingerprint density at radius 1 is 1.58 bits per heavy atom. The number of hydrogen-bond acceptors (Lipinski definition) is 3. The molecule has 0 N–H and O–H groups in total. The number of hydrogen-bond donors (Lipinski definition) is 0. The second-order valence-corrected chi connectivity index (χ2v) is 3.42. The molecule has 0 fully saturated rings. The van der Waals surface area contributed by atoms with Crippen molar-refractivity contribution in [1.82, 2.24) is 4.98 Å². The molecule has 1 heterocycles. The van der Waals surface area contributed by atoms with E-state index in [2.05, 4.69) is 14.4 Å². The van der Waals surface area contributed by atoms with Crippen LogP contribution in [0.5, 0.6) is 0 Å². The van der Waals surface area contributed by atoms with Crippen molar-refractivity contribution < 1.29 is 8.42 Å². The van der Waals surface area contributed by atoms with Gasteiger partial charge < -0.3 is 0 Å². The molecule has 1 aromatic rings. The highest BCUT2D eigenvalue weighted by molar-refractivity contribution is 7.90. The van der Waals surface area contributed by atoms with Gasteiger partial charge in [0.15, 0.2) is 0 Å². The Bertz CT molecular complexity index is 406. The van der Waals surface area contributed by atoms with E-state index in [0.717, 1.165) is 6.20 Å². The lowest BCUT2D eigenvalue weighted by Crippen LogP contribution is -1.94. The summed E-state index contributed by atoms with van der Waals surface area (Å²) in [6, 6.07) is 2.75. The van der Waals surface area contributed by atoms with E-state index >= 15 is 0 Å². The molecule has 1 rings (SSSR count). The predicted octanol–water partition coefficient (Wildman–Crippen LogP) is 1.08. The van der Waals surface area contributed by atoms with Crippen LogP contribution in [-0.2, 0) is 10.0 Å². The molecule has 0 atom stereocenters. The minimum atomic E-state index is -3.86. The van der Waals surface area contributed by atoms with Crippen LogP contribution in [0.3, 0.4) is 0 Å². The van der Waals surface area contributed by atoms with Gasteiger partial charge in [0.2, 0.25) is 0 Å². The summed E-state index contributed by atoms with van der Waals surface area (Å²) < 4.78 is 24.6. The minimum Gasteiger partial charge on any atom is -0.263 e. The quantitative estimate of drug-likeness (QED) is 0.390. The Hall–Kier alpha value is -1.59. The van der Waals surface area contributed by atoms with Gasteiger partial charge in [0.25, 0.3) is 10.0 Å². The Morgan fingerprint density at radius 2 is 2.33 bits per heavy atom. The number of rotatable bonds is 2. The van der Waals surface area contributed by atoms with Crippen molar-refractivity contribution in [3.63, 3.8) is 0 Å². The van der Waals surface area contributed by atoms with Crippen LogP contribution < -0.4 is 0 Å². The highest BCUT2D eigenvalue weighted by Gasteiger charge is 2.10. The molecule has 0 saturated heterocycles. The van der Waals surface area contributed by atoms with Crippen molar-refractivity contribution in [3.8, 4) is 0 Å². The van der Waals surface area contributed by atoms with Crippen LogP contribution in [0.1, 0.15) is 0 Å². The van der Waals surface area contributed by atoms with Gasteiger partial charge in [-0.2, -0.15) is 0 Å². The average Bonchev–Trinajstić information content (AvgIpc) is 2.06. The second kappa shape index (κ2) is 3.21. The molecular formula is C5H4N4O2S. The molecule has 62 valence electrons. The normalized spacial score (nSPS) is 10.3. The third kappa shape index (κ3) is 1.71. The Morgan fingerprint density at radius 3 is 2.83 bits per heavy atom. The lowest BCUT2D eigenvalue weighted by atomic mass is 10.5. The van der Waals surface area contributed by atoms with Gasteiger partial charge in [-0.3, -0.25) is 4.98 Å². The molecule has 1 aromatic heterocycles. The molecule has 0 amide bonds. The van der Waals surface area contributed by atoms with Gasteiger partial charge in [-0.05, 0) is 17.7 Å². The smallest absolute Gasteiger partial charge is 0.263 e. The molecule has 0 aliphatic rings. The van der Waals surface area contributed by atoms with Gasteiger partial charge in [0.05, 0.1) is 4.90 Å². The van der Waals surface area contributed by atoms with Crippen LogP contribution in [0.4, 0.5) is 0 Å². The zero-order valence-corrected chi connectivity index (χ0v) is 6.64. The topological polar surface area (TPSA) is 95.8 Å². The van der Waals surface area contributed by atoms with Crippen LogP contribution in [0.15, 0.2) is 33.9 Å². The third-order valence-corrected chi connectivity index (χ3v) is 2.20. The molecule has 0 radical (unpaired) electrons. The third-order valence-electron chi connectivity index (χ3n) is 1.08. The molecule has 0 aliphatic carbocycles. The first-order valence-corrected chi connectivity index (χ1v) is 4.32. The fourth-order valence-corrected chi connectivity index (χ4v) is 1.23. The van der Waals surface area contributed by atoms with Crippen molar-refractivity contribution in [2.45, 2.75) is 4.90 Å². The van der Waals surface area contributed by atoms with E-state index in [9.17, 15) is 8.42 Å². The zero-order valence-electron chi connectivity index (χ0n) is 5.82. The minimum absolute atomic E-state index is 0.109. The Balaban J connectivity index is 3.25. The summed E-state index contributed by atoms with van der Waals surface area (Å²) in [5.41, 5.74) is 7.92. The van der Waals surface area contributed by atoms with E-state index in [0.29, 0.717) is 0 Å². The number of pyridine rings is 1. The SMILES string of the molecule is [N-]=[N+]=NS(=O)(=O)c1cccnc1. The molecule has 0 aliphatic heterocycles. The fourth-order valence-electron chi connectivity index (χ4n) is 0.595. The highest BCUT2D eigenvalue weighted by Crippen LogP contribution is 2.08. The maximum absolute atomic E-state index is 11.0. The molecule has 0 aromatic carbocycles. The van der Waals surface area contributed by atoms with E-state index in [1.165, 1.54) is 18.3 Å². The van der Waals surface area contributed by atoms with Crippen LogP contribution >= 0.6 is 0 Å². The van der Waals surface area contributed by atoms with E-state index in [1.807, 2.05) is 0 Å². The van der Waals surface area contributed by atoms with Crippen molar-refractivity contribution in [2.24, 2.45) is 4.52 Å². The molecule has 0 saturated carbocycles. The summed E-state index contributed by atoms with van der Waals surface area (Å²) in [5.74, 6) is 0. The van der Waals surface area contributed by atoms with E-state index in [-0.39, 0.29) is 4.90 Å². The molecule has 7 heteroatoms. The molecule has 0 spiro atoms. The highest BCUT2D eigenvalue weighted by atomic mass is 32.2. The van der Waals surface area contributed by atoms with E-state index < -0.39 is 10.0 Å². The standard InChI is InChI=1S/C5H4N4O2S/c6-8-9-12(10,11)5-2-1-3-7-4-5/h1-4H. The molecule has 12 heavy (non-hydrogen) atoms. The van der Waals surface area contributed by atoms with Crippen LogP contribution in [0.2, 0.25) is 0 Å². The van der Waals surface area contributed by atoms with Gasteiger partial charge in [0, 0.05) is 21.8 Å². The van der Waals surface area contributed by atoms with Gasteiger partial charge >= 0.3 is 0 Å². The Kier molecular flexibility index (Phi) is 2.27. The number of nitrogens with zero attached hydrogens (tertiary/aromatic N) is 4. The molecule has 6 nitrogen and oxygen atoms in total. The zero-order chi connectivity index (χ0) is 9.03. The first-order valence-electron chi connectivity index (χ1n) is 2.88. The van der Waals surface area contributed by atoms with Gasteiger partial charge in [-0.25, -0.2) is 8.42 Å². The number of azide groups is 1. The summed E-state index contributed by atoms with van der Waals surface area (Å²) >= 11 is 0. The fraction of sp³-hybridized carbons (Fsp3) is 0. The van der Waals surface area contributed by atoms with E-state index in [1.54, 1.807) is 0 Å². The maximum atomic E-state index is 11.0.